The minimum atomic E-state index is -0.648. The number of aliphatic hydroxyl groups is 2. The van der Waals surface area contributed by atoms with Gasteiger partial charge in [0, 0.05) is 17.5 Å². The van der Waals surface area contributed by atoms with Gasteiger partial charge in [0.25, 0.3) is 0 Å². The van der Waals surface area contributed by atoms with E-state index < -0.39 is 12.2 Å². The molecule has 0 spiro atoms. The maximum Gasteiger partial charge on any atom is 0.308 e. The van der Waals surface area contributed by atoms with Crippen molar-refractivity contribution >= 4 is 17.3 Å². The molecule has 0 aliphatic heterocycles. The monoisotopic (exact) mass is 607 g/mol. The number of aryl methyl sites for hydroxylation is 1. The number of esters is 1. The molecule has 4 aliphatic rings. The van der Waals surface area contributed by atoms with E-state index in [0.29, 0.717) is 24.7 Å². The maximum atomic E-state index is 12.8. The van der Waals surface area contributed by atoms with E-state index in [1.54, 1.807) is 0 Å². The Morgan fingerprint density at radius 2 is 2.02 bits per heavy atom. The Hall–Kier alpha value is -2.02. The van der Waals surface area contributed by atoms with Crippen LogP contribution >= 0.6 is 11.3 Å². The third-order valence-electron chi connectivity index (χ3n) is 11.0. The van der Waals surface area contributed by atoms with Crippen molar-refractivity contribution in [2.75, 3.05) is 0 Å². The minimum Gasteiger partial charge on any atom is -0.457 e. The quantitative estimate of drug-likeness (QED) is 0.196. The van der Waals surface area contributed by atoms with Crippen molar-refractivity contribution in [3.63, 3.8) is 0 Å². The van der Waals surface area contributed by atoms with Crippen LogP contribution in [0.15, 0.2) is 53.8 Å². The van der Waals surface area contributed by atoms with Crippen molar-refractivity contribution in [1.29, 1.82) is 0 Å². The summed E-state index contributed by atoms with van der Waals surface area (Å²) in [5, 5.41) is 21.6. The Morgan fingerprint density at radius 3 is 2.74 bits per heavy atom. The molecule has 4 saturated carbocycles. The Labute approximate surface area is 263 Å². The number of aliphatic hydroxyl groups excluding tert-OH is 2. The third kappa shape index (κ3) is 6.97. The van der Waals surface area contributed by atoms with Gasteiger partial charge in [0.2, 0.25) is 0 Å². The van der Waals surface area contributed by atoms with Crippen LogP contribution < -0.4 is 0 Å². The summed E-state index contributed by atoms with van der Waals surface area (Å²) in [4.78, 5) is 19.0. The van der Waals surface area contributed by atoms with E-state index in [1.807, 2.05) is 31.4 Å². The highest BCUT2D eigenvalue weighted by molar-refractivity contribution is 7.11. The Bertz CT molecular complexity index is 1250. The van der Waals surface area contributed by atoms with Gasteiger partial charge >= 0.3 is 5.97 Å². The average Bonchev–Trinajstić information content (AvgIpc) is 3.51. The fourth-order valence-electron chi connectivity index (χ4n) is 7.92. The van der Waals surface area contributed by atoms with Crippen LogP contribution in [0.1, 0.15) is 115 Å². The van der Waals surface area contributed by atoms with Gasteiger partial charge < -0.3 is 14.9 Å². The van der Waals surface area contributed by atoms with Gasteiger partial charge in [0.15, 0.2) is 0 Å². The molecule has 6 heteroatoms. The SMILES string of the molecule is C=C1/C(=C\C=C2/CCCC3(C)C(C/C=C/C(OC(=O)C(C)C)C4(c5ncc(CCCC)s5)CC4)CCC23)CC(O)CC1O. The van der Waals surface area contributed by atoms with E-state index in [2.05, 4.69) is 44.7 Å². The third-order valence-corrected chi connectivity index (χ3v) is 12.2. The van der Waals surface area contributed by atoms with E-state index in [9.17, 15) is 15.0 Å². The highest BCUT2D eigenvalue weighted by Crippen LogP contribution is 2.59. The van der Waals surface area contributed by atoms with Gasteiger partial charge in [-0.25, -0.2) is 4.98 Å². The first-order valence-corrected chi connectivity index (χ1v) is 17.7. The van der Waals surface area contributed by atoms with Gasteiger partial charge in [-0.1, -0.05) is 64.5 Å². The molecule has 1 aromatic heterocycles. The van der Waals surface area contributed by atoms with Gasteiger partial charge in [0.05, 0.1) is 23.5 Å². The number of nitrogens with zero attached hydrogens (tertiary/aromatic N) is 1. The molecule has 1 heterocycles. The number of rotatable bonds is 11. The molecule has 6 unspecified atom stereocenters. The molecule has 5 nitrogen and oxygen atoms in total. The number of thiazole rings is 1. The van der Waals surface area contributed by atoms with E-state index in [0.717, 1.165) is 48.3 Å². The Balaban J connectivity index is 1.30. The van der Waals surface area contributed by atoms with E-state index in [4.69, 9.17) is 9.72 Å². The summed E-state index contributed by atoms with van der Waals surface area (Å²) in [6.45, 7) is 12.6. The summed E-state index contributed by atoms with van der Waals surface area (Å²) in [5.41, 5.74) is 3.33. The summed E-state index contributed by atoms with van der Waals surface area (Å²) in [6.07, 6.45) is 22.9. The highest BCUT2D eigenvalue weighted by Gasteiger charge is 2.54. The maximum absolute atomic E-state index is 12.8. The van der Waals surface area contributed by atoms with Crippen molar-refractivity contribution in [2.24, 2.45) is 23.2 Å². The van der Waals surface area contributed by atoms with Gasteiger partial charge in [-0.3, -0.25) is 4.79 Å². The fourth-order valence-corrected chi connectivity index (χ4v) is 9.15. The molecule has 4 fully saturated rings. The molecule has 0 aromatic carbocycles. The van der Waals surface area contributed by atoms with Crippen LogP contribution in [0, 0.1) is 23.2 Å². The molecule has 4 aliphatic carbocycles. The van der Waals surface area contributed by atoms with E-state index in [1.165, 1.54) is 49.0 Å². The predicted octanol–water partition coefficient (Wildman–Crippen LogP) is 8.17. The van der Waals surface area contributed by atoms with Crippen LogP contribution in [0.3, 0.4) is 0 Å². The van der Waals surface area contributed by atoms with Gasteiger partial charge in [-0.15, -0.1) is 11.3 Å². The number of ether oxygens (including phenoxy) is 1. The molecule has 0 amide bonds. The zero-order chi connectivity index (χ0) is 30.8. The van der Waals surface area contributed by atoms with Crippen LogP contribution in [-0.4, -0.2) is 39.5 Å². The molecular formula is C37H53NO4S. The number of carbonyl (C=O) groups excluding carboxylic acids is 1. The molecule has 5 rings (SSSR count). The number of hydrogen-bond acceptors (Lipinski definition) is 6. The lowest BCUT2D eigenvalue weighted by Gasteiger charge is -2.42. The van der Waals surface area contributed by atoms with Crippen LogP contribution in [0.5, 0.6) is 0 Å². The Morgan fingerprint density at radius 1 is 1.23 bits per heavy atom. The number of allylic oxidation sites excluding steroid dienone is 4. The Kier molecular flexibility index (Phi) is 10.2. The first kappa shape index (κ1) is 32.4. The van der Waals surface area contributed by atoms with Gasteiger partial charge in [-0.05, 0) is 105 Å². The normalized spacial score (nSPS) is 33.0. The minimum absolute atomic E-state index is 0.131. The van der Waals surface area contributed by atoms with Crippen molar-refractivity contribution in [1.82, 2.24) is 4.98 Å². The van der Waals surface area contributed by atoms with Crippen molar-refractivity contribution in [3.8, 4) is 0 Å². The topological polar surface area (TPSA) is 79.7 Å². The second-order valence-corrected chi connectivity index (χ2v) is 15.4. The molecule has 6 atom stereocenters. The second-order valence-electron chi connectivity index (χ2n) is 14.3. The van der Waals surface area contributed by atoms with Crippen LogP contribution in [0.4, 0.5) is 0 Å². The lowest BCUT2D eigenvalue weighted by molar-refractivity contribution is -0.152. The molecule has 236 valence electrons. The van der Waals surface area contributed by atoms with Crippen molar-refractivity contribution in [2.45, 2.75) is 135 Å². The van der Waals surface area contributed by atoms with Gasteiger partial charge in [0.1, 0.15) is 11.1 Å². The lowest BCUT2D eigenvalue weighted by Crippen LogP contribution is -2.33. The molecule has 0 bridgehead atoms. The summed E-state index contributed by atoms with van der Waals surface area (Å²) in [7, 11) is 0. The second kappa shape index (κ2) is 13.5. The number of hydrogen-bond donors (Lipinski definition) is 2. The number of fused-ring (bicyclic) bond motifs is 1. The fraction of sp³-hybridized carbons (Fsp3) is 0.676. The molecule has 1 aromatic rings. The van der Waals surface area contributed by atoms with Crippen LogP contribution in [0.2, 0.25) is 0 Å². The summed E-state index contributed by atoms with van der Waals surface area (Å²) >= 11 is 1.81. The van der Waals surface area contributed by atoms with Crippen molar-refractivity contribution in [3.05, 3.63) is 63.7 Å². The lowest BCUT2D eigenvalue weighted by atomic mass is 9.63. The number of unbranched alkanes of at least 4 members (excludes halogenated alkanes) is 1. The largest absolute Gasteiger partial charge is 0.457 e. The molecule has 43 heavy (non-hydrogen) atoms. The zero-order valence-electron chi connectivity index (χ0n) is 26.8. The zero-order valence-corrected chi connectivity index (χ0v) is 27.6. The smallest absolute Gasteiger partial charge is 0.308 e. The summed E-state index contributed by atoms with van der Waals surface area (Å²) in [5.74, 6) is 0.866. The van der Waals surface area contributed by atoms with E-state index >= 15 is 0 Å². The van der Waals surface area contributed by atoms with Gasteiger partial charge in [-0.2, -0.15) is 0 Å². The van der Waals surface area contributed by atoms with Crippen LogP contribution in [0.25, 0.3) is 0 Å². The van der Waals surface area contributed by atoms with Crippen LogP contribution in [-0.2, 0) is 21.4 Å². The molecular weight excluding hydrogens is 554 g/mol. The average molecular weight is 608 g/mol. The predicted molar refractivity (Wildman–Crippen MR) is 175 cm³/mol. The molecule has 0 saturated heterocycles. The first-order valence-electron chi connectivity index (χ1n) is 16.8. The summed E-state index contributed by atoms with van der Waals surface area (Å²) < 4.78 is 6.19. The summed E-state index contributed by atoms with van der Waals surface area (Å²) in [6, 6.07) is 0. The number of carbonyl (C=O) groups is 1. The molecule has 0 radical (unpaired) electrons. The van der Waals surface area contributed by atoms with E-state index in [-0.39, 0.29) is 28.8 Å². The molecule has 2 N–H and O–H groups in total. The van der Waals surface area contributed by atoms with Crippen molar-refractivity contribution < 1.29 is 19.7 Å². The first-order chi connectivity index (χ1) is 20.6. The number of aromatic nitrogens is 1. The standard InChI is InChI=1S/C37H53NO4S/c1-6-7-12-30-23-38-35(43-30)37(19-20-37)33(42-34(41)24(2)3)13-8-11-28-16-17-31-26(10-9-18-36(28,31)5)14-15-27-21-29(39)22-32(40)25(27)4/h8,13-15,23-24,28-29,31-33,39-40H,4,6-7,9-12,16-22H2,1-3,5H3/b13-8+,26-14+,27-15-. The highest BCUT2D eigenvalue weighted by atomic mass is 32.1.